The van der Waals surface area contributed by atoms with E-state index in [0.717, 1.165) is 31.2 Å². The first-order valence-corrected chi connectivity index (χ1v) is 8.34. The average molecular weight is 281 g/mol. The zero-order chi connectivity index (χ0) is 14.2. The van der Waals surface area contributed by atoms with Gasteiger partial charge in [0.15, 0.2) is 0 Å². The highest BCUT2D eigenvalue weighted by Crippen LogP contribution is 2.43. The standard InChI is InChI=1S/C16H31N3O/c1-18-14-3-4-15(18)10-16(9-14,12-17)19-7-5-13(6-8-19)11-20-2/h13-15H,3-12,17H2,1-2H3. The molecular weight excluding hydrogens is 250 g/mol. The van der Waals surface area contributed by atoms with E-state index < -0.39 is 0 Å². The summed E-state index contributed by atoms with van der Waals surface area (Å²) >= 11 is 0. The number of methoxy groups -OCH3 is 1. The molecule has 0 amide bonds. The van der Waals surface area contributed by atoms with E-state index in [1.165, 1.54) is 51.6 Å². The Labute approximate surface area is 123 Å². The van der Waals surface area contributed by atoms with Crippen LogP contribution in [0.15, 0.2) is 0 Å². The molecule has 3 fully saturated rings. The van der Waals surface area contributed by atoms with Gasteiger partial charge in [-0.05, 0) is 64.6 Å². The molecule has 2 atom stereocenters. The third kappa shape index (κ3) is 2.52. The van der Waals surface area contributed by atoms with Gasteiger partial charge in [0.05, 0.1) is 0 Å². The third-order valence-corrected chi connectivity index (χ3v) is 6.28. The summed E-state index contributed by atoms with van der Waals surface area (Å²) in [6.45, 7) is 4.20. The lowest BCUT2D eigenvalue weighted by atomic mass is 9.79. The summed E-state index contributed by atoms with van der Waals surface area (Å²) in [7, 11) is 4.13. The molecule has 3 aliphatic rings. The molecule has 0 aromatic heterocycles. The zero-order valence-corrected chi connectivity index (χ0v) is 13.2. The first-order chi connectivity index (χ1) is 9.68. The van der Waals surface area contributed by atoms with Crippen molar-refractivity contribution in [2.24, 2.45) is 11.7 Å². The number of nitrogens with zero attached hydrogens (tertiary/aromatic N) is 2. The van der Waals surface area contributed by atoms with Crippen LogP contribution in [0.5, 0.6) is 0 Å². The van der Waals surface area contributed by atoms with Gasteiger partial charge in [-0.3, -0.25) is 4.90 Å². The van der Waals surface area contributed by atoms with E-state index in [1.807, 2.05) is 7.11 Å². The maximum Gasteiger partial charge on any atom is 0.0491 e. The minimum absolute atomic E-state index is 0.288. The molecule has 3 aliphatic heterocycles. The largest absolute Gasteiger partial charge is 0.384 e. The van der Waals surface area contributed by atoms with Crippen molar-refractivity contribution >= 4 is 0 Å². The molecule has 0 aromatic carbocycles. The fraction of sp³-hybridized carbons (Fsp3) is 1.00. The van der Waals surface area contributed by atoms with Crippen molar-refractivity contribution in [1.82, 2.24) is 9.80 Å². The summed E-state index contributed by atoms with van der Waals surface area (Å²) in [5.74, 6) is 0.758. The number of rotatable bonds is 4. The third-order valence-electron chi connectivity index (χ3n) is 6.28. The molecule has 0 radical (unpaired) electrons. The van der Waals surface area contributed by atoms with Gasteiger partial charge in [0.2, 0.25) is 0 Å². The lowest BCUT2D eigenvalue weighted by Crippen LogP contribution is -2.63. The Morgan fingerprint density at radius 2 is 1.70 bits per heavy atom. The van der Waals surface area contributed by atoms with Gasteiger partial charge in [-0.2, -0.15) is 0 Å². The van der Waals surface area contributed by atoms with Crippen LogP contribution in [-0.4, -0.2) is 67.8 Å². The monoisotopic (exact) mass is 281 g/mol. The quantitative estimate of drug-likeness (QED) is 0.843. The Morgan fingerprint density at radius 1 is 1.10 bits per heavy atom. The number of hydrogen-bond donors (Lipinski definition) is 1. The van der Waals surface area contributed by atoms with Crippen molar-refractivity contribution in [3.63, 3.8) is 0 Å². The second-order valence-corrected chi connectivity index (χ2v) is 7.27. The van der Waals surface area contributed by atoms with E-state index in [4.69, 9.17) is 10.5 Å². The second-order valence-electron chi connectivity index (χ2n) is 7.27. The van der Waals surface area contributed by atoms with Gasteiger partial charge in [-0.15, -0.1) is 0 Å². The first kappa shape index (κ1) is 14.8. The Hall–Kier alpha value is -0.160. The van der Waals surface area contributed by atoms with Crippen LogP contribution in [-0.2, 0) is 4.74 Å². The molecule has 0 aromatic rings. The number of ether oxygens (including phenoxy) is 1. The second kappa shape index (κ2) is 5.91. The normalized spacial score (nSPS) is 40.4. The van der Waals surface area contributed by atoms with Crippen LogP contribution >= 0.6 is 0 Å². The first-order valence-electron chi connectivity index (χ1n) is 8.34. The minimum Gasteiger partial charge on any atom is -0.384 e. The van der Waals surface area contributed by atoms with Gasteiger partial charge in [0.1, 0.15) is 0 Å². The molecule has 3 saturated heterocycles. The van der Waals surface area contributed by atoms with Crippen LogP contribution in [0.1, 0.15) is 38.5 Å². The molecule has 3 rings (SSSR count). The van der Waals surface area contributed by atoms with E-state index >= 15 is 0 Å². The van der Waals surface area contributed by atoms with Crippen LogP contribution in [0.25, 0.3) is 0 Å². The highest BCUT2D eigenvalue weighted by atomic mass is 16.5. The van der Waals surface area contributed by atoms with Crippen LogP contribution in [0.2, 0.25) is 0 Å². The van der Waals surface area contributed by atoms with Crippen LogP contribution in [0.4, 0.5) is 0 Å². The maximum absolute atomic E-state index is 6.28. The smallest absolute Gasteiger partial charge is 0.0491 e. The Bertz CT molecular complexity index is 314. The van der Waals surface area contributed by atoms with Crippen LogP contribution in [0.3, 0.4) is 0 Å². The van der Waals surface area contributed by atoms with Crippen molar-refractivity contribution in [2.45, 2.75) is 56.1 Å². The highest BCUT2D eigenvalue weighted by molar-refractivity contribution is 5.07. The molecule has 0 saturated carbocycles. The summed E-state index contributed by atoms with van der Waals surface area (Å²) in [6, 6.07) is 1.54. The zero-order valence-electron chi connectivity index (χ0n) is 13.2. The molecule has 116 valence electrons. The lowest BCUT2D eigenvalue weighted by Gasteiger charge is -2.53. The SMILES string of the molecule is COCC1CCN(C2(CN)CC3CCC(C2)N3C)CC1. The van der Waals surface area contributed by atoms with Crippen molar-refractivity contribution in [1.29, 1.82) is 0 Å². The maximum atomic E-state index is 6.28. The Morgan fingerprint density at radius 3 is 2.20 bits per heavy atom. The fourth-order valence-electron chi connectivity index (χ4n) is 4.91. The van der Waals surface area contributed by atoms with Gasteiger partial charge in [0, 0.05) is 37.9 Å². The summed E-state index contributed by atoms with van der Waals surface area (Å²) in [5, 5.41) is 0. The van der Waals surface area contributed by atoms with Gasteiger partial charge >= 0.3 is 0 Å². The summed E-state index contributed by atoms with van der Waals surface area (Å²) in [4.78, 5) is 5.35. The molecule has 0 aliphatic carbocycles. The molecular formula is C16H31N3O. The highest BCUT2D eigenvalue weighted by Gasteiger charge is 2.49. The predicted molar refractivity (Wildman–Crippen MR) is 81.8 cm³/mol. The van der Waals surface area contributed by atoms with Crippen molar-refractivity contribution in [3.05, 3.63) is 0 Å². The summed E-state index contributed by atoms with van der Waals surface area (Å²) in [6.07, 6.45) is 7.88. The van der Waals surface area contributed by atoms with Crippen molar-refractivity contribution in [3.8, 4) is 0 Å². The van der Waals surface area contributed by atoms with Crippen molar-refractivity contribution < 1.29 is 4.74 Å². The number of likely N-dealkylation sites (tertiary alicyclic amines) is 1. The number of fused-ring (bicyclic) bond motifs is 2. The molecule has 20 heavy (non-hydrogen) atoms. The number of nitrogens with two attached hydrogens (primary N) is 1. The summed E-state index contributed by atoms with van der Waals surface area (Å²) in [5.41, 5.74) is 6.56. The molecule has 4 heteroatoms. The van der Waals surface area contributed by atoms with E-state index in [9.17, 15) is 0 Å². The molecule has 2 bridgehead atoms. The van der Waals surface area contributed by atoms with Gasteiger partial charge in [-0.25, -0.2) is 0 Å². The summed E-state index contributed by atoms with van der Waals surface area (Å²) < 4.78 is 5.32. The van der Waals surface area contributed by atoms with Crippen molar-refractivity contribution in [2.75, 3.05) is 40.4 Å². The molecule has 2 N–H and O–H groups in total. The number of piperidine rings is 2. The predicted octanol–water partition coefficient (Wildman–Crippen LogP) is 1.30. The fourth-order valence-corrected chi connectivity index (χ4v) is 4.91. The van der Waals surface area contributed by atoms with Gasteiger partial charge < -0.3 is 15.4 Å². The van der Waals surface area contributed by atoms with E-state index in [-0.39, 0.29) is 5.54 Å². The van der Waals surface area contributed by atoms with E-state index in [0.29, 0.717) is 0 Å². The molecule has 4 nitrogen and oxygen atoms in total. The minimum atomic E-state index is 0.288. The molecule has 0 spiro atoms. The average Bonchev–Trinajstić information content (AvgIpc) is 2.71. The van der Waals surface area contributed by atoms with Gasteiger partial charge in [-0.1, -0.05) is 0 Å². The van der Waals surface area contributed by atoms with E-state index in [2.05, 4.69) is 16.8 Å². The lowest BCUT2D eigenvalue weighted by molar-refractivity contribution is -0.0236. The number of hydrogen-bond acceptors (Lipinski definition) is 4. The Kier molecular flexibility index (Phi) is 4.37. The molecule has 3 heterocycles. The molecule has 2 unspecified atom stereocenters. The van der Waals surface area contributed by atoms with Crippen LogP contribution in [0, 0.1) is 5.92 Å². The van der Waals surface area contributed by atoms with Gasteiger partial charge in [0.25, 0.3) is 0 Å². The topological polar surface area (TPSA) is 41.7 Å². The van der Waals surface area contributed by atoms with E-state index in [1.54, 1.807) is 0 Å². The Balaban J connectivity index is 1.65. The van der Waals surface area contributed by atoms with Crippen LogP contribution < -0.4 is 5.73 Å².